The van der Waals surface area contributed by atoms with E-state index in [1.165, 1.54) is 0 Å². The van der Waals surface area contributed by atoms with E-state index in [0.717, 1.165) is 23.3 Å². The van der Waals surface area contributed by atoms with E-state index < -0.39 is 17.5 Å². The minimum absolute atomic E-state index is 0.0346. The third kappa shape index (κ3) is 3.20. The molecule has 2 aromatic rings. The standard InChI is InChI=1S/C16H16F3N/c1-10-5-3-4-6-13(10)11(2)20-9-12-7-14(17)16(19)15(18)8-12/h3-8,11,20H,9H2,1-2H3/t11-/m0/s1. The van der Waals surface area contributed by atoms with Gasteiger partial charge in [0.1, 0.15) is 0 Å². The Morgan fingerprint density at radius 2 is 1.65 bits per heavy atom. The van der Waals surface area contributed by atoms with Crippen LogP contribution >= 0.6 is 0 Å². The molecule has 0 saturated heterocycles. The van der Waals surface area contributed by atoms with Crippen LogP contribution in [0.15, 0.2) is 36.4 Å². The van der Waals surface area contributed by atoms with Crippen LogP contribution in [-0.2, 0) is 6.54 Å². The Morgan fingerprint density at radius 3 is 2.25 bits per heavy atom. The van der Waals surface area contributed by atoms with Crippen molar-refractivity contribution in [1.29, 1.82) is 0 Å². The summed E-state index contributed by atoms with van der Waals surface area (Å²) in [5, 5.41) is 3.17. The van der Waals surface area contributed by atoms with Crippen LogP contribution in [0.5, 0.6) is 0 Å². The van der Waals surface area contributed by atoms with E-state index >= 15 is 0 Å². The zero-order valence-corrected chi connectivity index (χ0v) is 11.4. The van der Waals surface area contributed by atoms with Crippen molar-refractivity contribution in [2.24, 2.45) is 0 Å². The molecule has 0 aliphatic carbocycles. The second-order valence-corrected chi connectivity index (χ2v) is 4.83. The summed E-state index contributed by atoms with van der Waals surface area (Å²) in [7, 11) is 0. The van der Waals surface area contributed by atoms with Crippen LogP contribution in [0.4, 0.5) is 13.2 Å². The van der Waals surface area contributed by atoms with E-state index in [9.17, 15) is 13.2 Å². The molecule has 20 heavy (non-hydrogen) atoms. The lowest BCUT2D eigenvalue weighted by Crippen LogP contribution is -2.19. The first-order valence-electron chi connectivity index (χ1n) is 6.41. The molecule has 2 rings (SSSR count). The van der Waals surface area contributed by atoms with Gasteiger partial charge in [-0.3, -0.25) is 0 Å². The predicted molar refractivity (Wildman–Crippen MR) is 72.7 cm³/mol. The molecule has 0 aliphatic rings. The molecule has 1 N–H and O–H groups in total. The minimum atomic E-state index is -1.43. The Balaban J connectivity index is 2.07. The maximum Gasteiger partial charge on any atom is 0.194 e. The van der Waals surface area contributed by atoms with Gasteiger partial charge >= 0.3 is 0 Å². The topological polar surface area (TPSA) is 12.0 Å². The van der Waals surface area contributed by atoms with E-state index in [1.54, 1.807) is 0 Å². The average Bonchev–Trinajstić information content (AvgIpc) is 2.42. The normalized spacial score (nSPS) is 12.4. The van der Waals surface area contributed by atoms with Gasteiger partial charge in [0.25, 0.3) is 0 Å². The third-order valence-electron chi connectivity index (χ3n) is 3.31. The predicted octanol–water partition coefficient (Wildman–Crippen LogP) is 4.26. The van der Waals surface area contributed by atoms with Crippen molar-refractivity contribution < 1.29 is 13.2 Å². The summed E-state index contributed by atoms with van der Waals surface area (Å²) in [4.78, 5) is 0. The zero-order valence-electron chi connectivity index (χ0n) is 11.4. The summed E-state index contributed by atoms with van der Waals surface area (Å²) in [6.07, 6.45) is 0. The van der Waals surface area contributed by atoms with Gasteiger partial charge in [-0.15, -0.1) is 0 Å². The summed E-state index contributed by atoms with van der Waals surface area (Å²) in [5.74, 6) is -3.75. The molecule has 0 aliphatic heterocycles. The van der Waals surface area contributed by atoms with Crippen LogP contribution in [0.3, 0.4) is 0 Å². The van der Waals surface area contributed by atoms with Gasteiger partial charge in [0.2, 0.25) is 0 Å². The van der Waals surface area contributed by atoms with Crippen molar-refractivity contribution in [3.8, 4) is 0 Å². The minimum Gasteiger partial charge on any atom is -0.306 e. The molecule has 0 radical (unpaired) electrons. The molecular weight excluding hydrogens is 263 g/mol. The van der Waals surface area contributed by atoms with Crippen LogP contribution in [0.1, 0.15) is 29.7 Å². The van der Waals surface area contributed by atoms with Crippen LogP contribution < -0.4 is 5.32 Å². The molecule has 0 heterocycles. The summed E-state index contributed by atoms with van der Waals surface area (Å²) in [6, 6.07) is 9.95. The summed E-state index contributed by atoms with van der Waals surface area (Å²) in [6.45, 7) is 4.24. The number of aryl methyl sites for hydroxylation is 1. The molecule has 1 atom stereocenters. The molecule has 0 spiro atoms. The van der Waals surface area contributed by atoms with Gasteiger partial charge in [0, 0.05) is 12.6 Å². The van der Waals surface area contributed by atoms with Gasteiger partial charge in [-0.25, -0.2) is 13.2 Å². The van der Waals surface area contributed by atoms with Gasteiger partial charge in [0.15, 0.2) is 17.5 Å². The number of hydrogen-bond donors (Lipinski definition) is 1. The van der Waals surface area contributed by atoms with Crippen molar-refractivity contribution in [2.75, 3.05) is 0 Å². The molecule has 1 nitrogen and oxygen atoms in total. The van der Waals surface area contributed by atoms with E-state index in [0.29, 0.717) is 5.56 Å². The van der Waals surface area contributed by atoms with Crippen LogP contribution in [0.2, 0.25) is 0 Å². The Hall–Kier alpha value is -1.81. The molecule has 4 heteroatoms. The Labute approximate surface area is 116 Å². The lowest BCUT2D eigenvalue weighted by Gasteiger charge is -2.16. The maximum atomic E-state index is 13.1. The summed E-state index contributed by atoms with van der Waals surface area (Å²) >= 11 is 0. The number of nitrogens with one attached hydrogen (secondary N) is 1. The van der Waals surface area contributed by atoms with Crippen molar-refractivity contribution in [2.45, 2.75) is 26.4 Å². The van der Waals surface area contributed by atoms with Crippen molar-refractivity contribution in [3.63, 3.8) is 0 Å². The van der Waals surface area contributed by atoms with Crippen molar-refractivity contribution in [3.05, 3.63) is 70.5 Å². The van der Waals surface area contributed by atoms with E-state index in [2.05, 4.69) is 5.32 Å². The molecule has 0 bridgehead atoms. The first kappa shape index (κ1) is 14.6. The van der Waals surface area contributed by atoms with Crippen LogP contribution in [0.25, 0.3) is 0 Å². The van der Waals surface area contributed by atoms with Crippen molar-refractivity contribution >= 4 is 0 Å². The molecule has 0 fully saturated rings. The fourth-order valence-corrected chi connectivity index (χ4v) is 2.16. The monoisotopic (exact) mass is 279 g/mol. The number of benzene rings is 2. The first-order chi connectivity index (χ1) is 9.49. The highest BCUT2D eigenvalue weighted by Crippen LogP contribution is 2.18. The second kappa shape index (κ2) is 6.09. The Morgan fingerprint density at radius 1 is 1.05 bits per heavy atom. The largest absolute Gasteiger partial charge is 0.306 e. The highest BCUT2D eigenvalue weighted by molar-refractivity contribution is 5.28. The molecule has 0 saturated carbocycles. The van der Waals surface area contributed by atoms with E-state index in [4.69, 9.17) is 0 Å². The van der Waals surface area contributed by atoms with Crippen LogP contribution in [-0.4, -0.2) is 0 Å². The fourth-order valence-electron chi connectivity index (χ4n) is 2.16. The molecule has 0 amide bonds. The number of hydrogen-bond acceptors (Lipinski definition) is 1. The highest BCUT2D eigenvalue weighted by Gasteiger charge is 2.12. The summed E-state index contributed by atoms with van der Waals surface area (Å²) < 4.78 is 39.1. The third-order valence-corrected chi connectivity index (χ3v) is 3.31. The first-order valence-corrected chi connectivity index (χ1v) is 6.41. The maximum absolute atomic E-state index is 13.1. The highest BCUT2D eigenvalue weighted by atomic mass is 19.2. The molecule has 0 unspecified atom stereocenters. The zero-order chi connectivity index (χ0) is 14.7. The van der Waals surface area contributed by atoms with E-state index in [-0.39, 0.29) is 12.6 Å². The second-order valence-electron chi connectivity index (χ2n) is 4.83. The van der Waals surface area contributed by atoms with Gasteiger partial charge in [-0.1, -0.05) is 24.3 Å². The Kier molecular flexibility index (Phi) is 4.45. The lowest BCUT2D eigenvalue weighted by atomic mass is 10.0. The Bertz CT molecular complexity index is 587. The molecular formula is C16H16F3N. The SMILES string of the molecule is Cc1ccccc1[C@H](C)NCc1cc(F)c(F)c(F)c1. The number of halogens is 3. The average molecular weight is 279 g/mol. The molecule has 2 aromatic carbocycles. The van der Waals surface area contributed by atoms with Gasteiger partial charge < -0.3 is 5.32 Å². The molecule has 106 valence electrons. The molecule has 0 aromatic heterocycles. The van der Waals surface area contributed by atoms with Crippen molar-refractivity contribution in [1.82, 2.24) is 5.32 Å². The van der Waals surface area contributed by atoms with Gasteiger partial charge in [-0.2, -0.15) is 0 Å². The van der Waals surface area contributed by atoms with E-state index in [1.807, 2.05) is 38.1 Å². The quantitative estimate of drug-likeness (QED) is 0.824. The van der Waals surface area contributed by atoms with Gasteiger partial charge in [0.05, 0.1) is 0 Å². The lowest BCUT2D eigenvalue weighted by molar-refractivity contribution is 0.443. The summed E-state index contributed by atoms with van der Waals surface area (Å²) in [5.41, 5.74) is 2.64. The van der Waals surface area contributed by atoms with Gasteiger partial charge in [-0.05, 0) is 42.7 Å². The van der Waals surface area contributed by atoms with Crippen LogP contribution in [0, 0.1) is 24.4 Å². The fraction of sp³-hybridized carbons (Fsp3) is 0.250. The smallest absolute Gasteiger partial charge is 0.194 e. The number of rotatable bonds is 4.